The van der Waals surface area contributed by atoms with Gasteiger partial charge in [-0.15, -0.1) is 0 Å². The lowest BCUT2D eigenvalue weighted by Gasteiger charge is -2.14. The summed E-state index contributed by atoms with van der Waals surface area (Å²) in [6.45, 7) is 8.84. The molecule has 2 aromatic carbocycles. The second-order valence-electron chi connectivity index (χ2n) is 6.39. The van der Waals surface area contributed by atoms with E-state index in [1.54, 1.807) is 0 Å². The molecular formula is C22H26N4O. The molecule has 0 spiro atoms. The molecule has 27 heavy (non-hydrogen) atoms. The number of hydrogen-bond acceptors (Lipinski definition) is 5. The second kappa shape index (κ2) is 8.54. The van der Waals surface area contributed by atoms with Crippen molar-refractivity contribution < 1.29 is 4.74 Å². The van der Waals surface area contributed by atoms with Gasteiger partial charge in [0.05, 0.1) is 6.61 Å². The van der Waals surface area contributed by atoms with E-state index in [0.29, 0.717) is 12.6 Å². The summed E-state index contributed by atoms with van der Waals surface area (Å²) in [5, 5.41) is 6.74. The first-order chi connectivity index (χ1) is 13.1. The maximum Gasteiger partial charge on any atom is 0.229 e. The zero-order valence-corrected chi connectivity index (χ0v) is 16.3. The molecule has 0 unspecified atom stereocenters. The number of benzene rings is 2. The first-order valence-electron chi connectivity index (χ1n) is 9.30. The van der Waals surface area contributed by atoms with Gasteiger partial charge in [-0.1, -0.05) is 25.1 Å². The minimum Gasteiger partial charge on any atom is -0.494 e. The van der Waals surface area contributed by atoms with Crippen molar-refractivity contribution in [1.29, 1.82) is 0 Å². The van der Waals surface area contributed by atoms with Crippen molar-refractivity contribution in [2.45, 2.75) is 34.1 Å². The van der Waals surface area contributed by atoms with Crippen molar-refractivity contribution >= 4 is 23.1 Å². The Morgan fingerprint density at radius 3 is 2.41 bits per heavy atom. The molecule has 0 aliphatic rings. The predicted molar refractivity (Wildman–Crippen MR) is 112 cm³/mol. The summed E-state index contributed by atoms with van der Waals surface area (Å²) in [6.07, 6.45) is 0.952. The minimum atomic E-state index is 0.590. The molecule has 0 atom stereocenters. The van der Waals surface area contributed by atoms with Crippen LogP contribution in [0.1, 0.15) is 30.7 Å². The molecule has 2 N–H and O–H groups in total. The van der Waals surface area contributed by atoms with Crippen molar-refractivity contribution in [3.63, 3.8) is 0 Å². The molecule has 0 bridgehead atoms. The maximum atomic E-state index is 5.49. The topological polar surface area (TPSA) is 59.1 Å². The lowest BCUT2D eigenvalue weighted by molar-refractivity contribution is 0.340. The summed E-state index contributed by atoms with van der Waals surface area (Å²) in [6, 6.07) is 16.1. The van der Waals surface area contributed by atoms with Gasteiger partial charge >= 0.3 is 0 Å². The van der Waals surface area contributed by atoms with Crippen LogP contribution >= 0.6 is 0 Å². The molecule has 3 rings (SSSR count). The van der Waals surface area contributed by atoms with Crippen LogP contribution in [0.5, 0.6) is 5.75 Å². The van der Waals surface area contributed by atoms with Crippen molar-refractivity contribution in [3.05, 3.63) is 65.4 Å². The van der Waals surface area contributed by atoms with E-state index >= 15 is 0 Å². The van der Waals surface area contributed by atoms with Crippen LogP contribution in [0.3, 0.4) is 0 Å². The number of anilines is 4. The molecule has 3 aromatic rings. The number of aromatic nitrogens is 2. The van der Waals surface area contributed by atoms with Gasteiger partial charge < -0.3 is 15.4 Å². The summed E-state index contributed by atoms with van der Waals surface area (Å²) >= 11 is 0. The number of rotatable bonds is 7. The third kappa shape index (κ3) is 4.76. The van der Waals surface area contributed by atoms with Gasteiger partial charge in [0.1, 0.15) is 11.6 Å². The van der Waals surface area contributed by atoms with Crippen molar-refractivity contribution in [1.82, 2.24) is 9.97 Å². The number of nitrogens with zero attached hydrogens (tertiary/aromatic N) is 2. The summed E-state index contributed by atoms with van der Waals surface area (Å²) in [5.74, 6) is 2.20. The Morgan fingerprint density at radius 2 is 1.70 bits per heavy atom. The number of para-hydroxylation sites is 1. The van der Waals surface area contributed by atoms with Gasteiger partial charge in [-0.05, 0) is 62.6 Å². The third-order valence-electron chi connectivity index (χ3n) is 4.27. The predicted octanol–water partition coefficient (Wildman–Crippen LogP) is 5.54. The van der Waals surface area contributed by atoms with Crippen LogP contribution in [0.25, 0.3) is 0 Å². The second-order valence-corrected chi connectivity index (χ2v) is 6.39. The van der Waals surface area contributed by atoms with Gasteiger partial charge in [0.15, 0.2) is 0 Å². The van der Waals surface area contributed by atoms with Gasteiger partial charge in [0.25, 0.3) is 0 Å². The smallest absolute Gasteiger partial charge is 0.229 e. The van der Waals surface area contributed by atoms with Gasteiger partial charge in [-0.2, -0.15) is 4.98 Å². The Bertz CT molecular complexity index is 907. The fraction of sp³-hybridized carbons (Fsp3) is 0.273. The lowest BCUT2D eigenvalue weighted by Crippen LogP contribution is -2.05. The molecule has 1 aromatic heterocycles. The van der Waals surface area contributed by atoms with Crippen LogP contribution in [-0.2, 0) is 6.42 Å². The minimum absolute atomic E-state index is 0.590. The van der Waals surface area contributed by atoms with E-state index in [4.69, 9.17) is 4.74 Å². The number of aryl methyl sites for hydroxylation is 3. The molecular weight excluding hydrogens is 336 g/mol. The molecule has 0 amide bonds. The van der Waals surface area contributed by atoms with Gasteiger partial charge in [-0.25, -0.2) is 4.98 Å². The average molecular weight is 362 g/mol. The summed E-state index contributed by atoms with van der Waals surface area (Å²) in [4.78, 5) is 9.18. The van der Waals surface area contributed by atoms with Crippen LogP contribution in [0.2, 0.25) is 0 Å². The highest BCUT2D eigenvalue weighted by atomic mass is 16.5. The van der Waals surface area contributed by atoms with Crippen LogP contribution in [0.15, 0.2) is 48.5 Å². The molecule has 0 saturated carbocycles. The van der Waals surface area contributed by atoms with Crippen LogP contribution in [0.4, 0.5) is 23.1 Å². The first kappa shape index (κ1) is 18.7. The van der Waals surface area contributed by atoms with Crippen molar-refractivity contribution in [2.75, 3.05) is 17.2 Å². The monoisotopic (exact) mass is 362 g/mol. The van der Waals surface area contributed by atoms with Gasteiger partial charge in [0.2, 0.25) is 5.95 Å². The number of ether oxygens (including phenoxy) is 1. The quantitative estimate of drug-likeness (QED) is 0.578. The Labute approximate surface area is 160 Å². The Balaban J connectivity index is 1.82. The highest BCUT2D eigenvalue weighted by Gasteiger charge is 2.08. The van der Waals surface area contributed by atoms with Crippen LogP contribution in [-0.4, -0.2) is 16.6 Å². The number of nitrogens with one attached hydrogen (secondary N) is 2. The van der Waals surface area contributed by atoms with E-state index in [-0.39, 0.29) is 0 Å². The summed E-state index contributed by atoms with van der Waals surface area (Å²) < 4.78 is 5.49. The third-order valence-corrected chi connectivity index (χ3v) is 4.27. The molecule has 5 nitrogen and oxygen atoms in total. The Hall–Kier alpha value is -3.08. The van der Waals surface area contributed by atoms with E-state index in [1.807, 2.05) is 44.2 Å². The van der Waals surface area contributed by atoms with E-state index < -0.39 is 0 Å². The molecule has 1 heterocycles. The fourth-order valence-corrected chi connectivity index (χ4v) is 2.95. The Kier molecular flexibility index (Phi) is 5.91. The largest absolute Gasteiger partial charge is 0.494 e. The maximum absolute atomic E-state index is 5.49. The molecule has 140 valence electrons. The first-order valence-corrected chi connectivity index (χ1v) is 9.30. The summed E-state index contributed by atoms with van der Waals surface area (Å²) in [5.41, 5.74) is 5.36. The van der Waals surface area contributed by atoms with E-state index in [1.165, 1.54) is 11.1 Å². The highest BCUT2D eigenvalue weighted by Crippen LogP contribution is 2.25. The fourth-order valence-electron chi connectivity index (χ4n) is 2.95. The SMILES string of the molecule is CCOc1ccc(Nc2cc(C)nc(Nc3c(C)cccc3CC)n2)cc1. The van der Waals surface area contributed by atoms with Gasteiger partial charge in [-0.3, -0.25) is 0 Å². The van der Waals surface area contributed by atoms with Crippen LogP contribution in [0, 0.1) is 13.8 Å². The van der Waals surface area contributed by atoms with E-state index in [2.05, 4.69) is 52.6 Å². The molecule has 0 aliphatic carbocycles. The molecule has 0 saturated heterocycles. The number of hydrogen-bond donors (Lipinski definition) is 2. The average Bonchev–Trinajstić information content (AvgIpc) is 2.65. The zero-order valence-electron chi connectivity index (χ0n) is 16.3. The Morgan fingerprint density at radius 1 is 0.926 bits per heavy atom. The summed E-state index contributed by atoms with van der Waals surface area (Å²) in [7, 11) is 0. The molecule has 0 aliphatic heterocycles. The normalized spacial score (nSPS) is 10.5. The molecule has 5 heteroatoms. The van der Waals surface area contributed by atoms with E-state index in [9.17, 15) is 0 Å². The van der Waals surface area contributed by atoms with E-state index in [0.717, 1.165) is 35.1 Å². The highest BCUT2D eigenvalue weighted by molar-refractivity contribution is 5.65. The standard InChI is InChI=1S/C22H26N4O/c1-5-17-9-7-8-15(3)21(17)26-22-23-16(4)14-20(25-22)24-18-10-12-19(13-11-18)27-6-2/h7-14H,5-6H2,1-4H3,(H2,23,24,25,26). The molecule has 0 fully saturated rings. The van der Waals surface area contributed by atoms with Crippen LogP contribution < -0.4 is 15.4 Å². The zero-order chi connectivity index (χ0) is 19.2. The molecule has 0 radical (unpaired) electrons. The van der Waals surface area contributed by atoms with Crippen molar-refractivity contribution in [3.8, 4) is 5.75 Å². The van der Waals surface area contributed by atoms with Crippen molar-refractivity contribution in [2.24, 2.45) is 0 Å². The van der Waals surface area contributed by atoms with Gasteiger partial charge in [0, 0.05) is 23.1 Å². The lowest BCUT2D eigenvalue weighted by atomic mass is 10.1.